The molecule has 0 aliphatic heterocycles. The van der Waals surface area contributed by atoms with E-state index in [-0.39, 0.29) is 17.9 Å². The second kappa shape index (κ2) is 7.62. The summed E-state index contributed by atoms with van der Waals surface area (Å²) in [4.78, 5) is 11.6. The Morgan fingerprint density at radius 3 is 2.67 bits per heavy atom. The third-order valence-electron chi connectivity index (χ3n) is 4.90. The van der Waals surface area contributed by atoms with Gasteiger partial charge in [-0.25, -0.2) is 4.68 Å². The smallest absolute Gasteiger partial charge is 0.308 e. The number of nitrogens with zero attached hydrogens (tertiary/aromatic N) is 2. The topological polar surface area (TPSA) is 56.1 Å². The van der Waals surface area contributed by atoms with Crippen LogP contribution in [0.3, 0.4) is 0 Å². The Morgan fingerprint density at radius 2 is 2.00 bits per heavy atom. The fourth-order valence-electron chi connectivity index (χ4n) is 3.58. The maximum Gasteiger partial charge on any atom is 0.308 e. The van der Waals surface area contributed by atoms with Gasteiger partial charge in [-0.2, -0.15) is 5.10 Å². The maximum atomic E-state index is 11.6. The van der Waals surface area contributed by atoms with Crippen molar-refractivity contribution in [3.8, 4) is 5.69 Å². The normalized spacial score (nSPS) is 22.1. The molecule has 1 aromatic carbocycles. The van der Waals surface area contributed by atoms with Gasteiger partial charge in [0.15, 0.2) is 0 Å². The first-order chi connectivity index (χ1) is 11.7. The Kier molecular flexibility index (Phi) is 5.30. The monoisotopic (exact) mass is 327 g/mol. The molecule has 1 fully saturated rings. The van der Waals surface area contributed by atoms with E-state index >= 15 is 0 Å². The average molecular weight is 327 g/mol. The molecule has 5 nitrogen and oxygen atoms in total. The largest absolute Gasteiger partial charge is 0.469 e. The van der Waals surface area contributed by atoms with Crippen molar-refractivity contribution >= 4 is 5.97 Å². The number of methoxy groups -OCH3 is 1. The highest BCUT2D eigenvalue weighted by Gasteiger charge is 2.27. The Bertz CT molecular complexity index is 661. The summed E-state index contributed by atoms with van der Waals surface area (Å²) in [5.74, 6) is 0.00485. The lowest BCUT2D eigenvalue weighted by Gasteiger charge is -2.30. The number of ether oxygens (including phenoxy) is 1. The van der Waals surface area contributed by atoms with E-state index in [1.54, 1.807) is 6.20 Å². The van der Waals surface area contributed by atoms with E-state index in [4.69, 9.17) is 4.74 Å². The first kappa shape index (κ1) is 16.7. The standard InChI is InChI=1S/C19H25N3O2/c1-14(21-16-10-8-15(9-11-16)19(23)24-2)17-6-3-4-7-18(17)22-13-5-12-20-22/h3-7,12-16,21H,8-11H2,1-2H3. The summed E-state index contributed by atoms with van der Waals surface area (Å²) in [6.07, 6.45) is 7.58. The van der Waals surface area contributed by atoms with Crippen LogP contribution in [-0.4, -0.2) is 28.9 Å². The maximum absolute atomic E-state index is 11.6. The molecule has 5 heteroatoms. The van der Waals surface area contributed by atoms with Gasteiger partial charge >= 0.3 is 5.97 Å². The first-order valence-electron chi connectivity index (χ1n) is 8.62. The van der Waals surface area contributed by atoms with E-state index in [1.807, 2.05) is 23.0 Å². The van der Waals surface area contributed by atoms with Gasteiger partial charge in [-0.15, -0.1) is 0 Å². The lowest BCUT2D eigenvalue weighted by Crippen LogP contribution is -2.37. The molecule has 0 spiro atoms. The lowest BCUT2D eigenvalue weighted by atomic mass is 9.85. The number of nitrogens with one attached hydrogen (secondary N) is 1. The zero-order valence-electron chi connectivity index (χ0n) is 14.3. The molecule has 0 bridgehead atoms. The molecule has 1 unspecified atom stereocenters. The Hall–Kier alpha value is -2.14. The molecule has 2 aromatic rings. The van der Waals surface area contributed by atoms with Crippen LogP contribution in [0.25, 0.3) is 5.69 Å². The summed E-state index contributed by atoms with van der Waals surface area (Å²) >= 11 is 0. The van der Waals surface area contributed by atoms with E-state index in [9.17, 15) is 4.79 Å². The quantitative estimate of drug-likeness (QED) is 0.857. The minimum atomic E-state index is -0.0643. The number of carbonyl (C=O) groups excluding carboxylic acids is 1. The Balaban J connectivity index is 1.64. The van der Waals surface area contributed by atoms with Crippen LogP contribution in [0.5, 0.6) is 0 Å². The van der Waals surface area contributed by atoms with Crippen LogP contribution in [0.15, 0.2) is 42.7 Å². The average Bonchev–Trinajstić information content (AvgIpc) is 3.16. The Labute approximate surface area is 143 Å². The molecule has 1 saturated carbocycles. The highest BCUT2D eigenvalue weighted by molar-refractivity contribution is 5.72. The van der Waals surface area contributed by atoms with Gasteiger partial charge in [0.2, 0.25) is 0 Å². The zero-order valence-corrected chi connectivity index (χ0v) is 14.3. The predicted octanol–water partition coefficient (Wildman–Crippen LogP) is 3.25. The van der Waals surface area contributed by atoms with Gasteiger partial charge in [0.1, 0.15) is 0 Å². The van der Waals surface area contributed by atoms with Gasteiger partial charge < -0.3 is 10.1 Å². The van der Waals surface area contributed by atoms with E-state index in [0.29, 0.717) is 6.04 Å². The van der Waals surface area contributed by atoms with Crippen LogP contribution >= 0.6 is 0 Å². The summed E-state index contributed by atoms with van der Waals surface area (Å²) < 4.78 is 6.77. The van der Waals surface area contributed by atoms with Crippen LogP contribution < -0.4 is 5.32 Å². The van der Waals surface area contributed by atoms with E-state index < -0.39 is 0 Å². The number of esters is 1. The molecule has 1 atom stereocenters. The van der Waals surface area contributed by atoms with Crippen molar-refractivity contribution in [2.75, 3.05) is 7.11 Å². The first-order valence-corrected chi connectivity index (χ1v) is 8.62. The van der Waals surface area contributed by atoms with Gasteiger partial charge in [0, 0.05) is 24.5 Å². The molecule has 24 heavy (non-hydrogen) atoms. The second-order valence-electron chi connectivity index (χ2n) is 6.47. The predicted molar refractivity (Wildman–Crippen MR) is 92.9 cm³/mol. The van der Waals surface area contributed by atoms with Crippen molar-refractivity contribution in [1.82, 2.24) is 15.1 Å². The molecule has 1 aliphatic carbocycles. The van der Waals surface area contributed by atoms with Crippen LogP contribution in [0.2, 0.25) is 0 Å². The number of aromatic nitrogens is 2. The van der Waals surface area contributed by atoms with Gasteiger partial charge in [0.25, 0.3) is 0 Å². The summed E-state index contributed by atoms with van der Waals surface area (Å²) in [6.45, 7) is 2.19. The number of benzene rings is 1. The van der Waals surface area contributed by atoms with E-state index in [1.165, 1.54) is 12.7 Å². The number of hydrogen-bond donors (Lipinski definition) is 1. The van der Waals surface area contributed by atoms with Crippen molar-refractivity contribution in [2.45, 2.75) is 44.7 Å². The number of rotatable bonds is 5. The molecule has 128 valence electrons. The third kappa shape index (κ3) is 3.67. The van der Waals surface area contributed by atoms with Crippen LogP contribution in [0, 0.1) is 5.92 Å². The fourth-order valence-corrected chi connectivity index (χ4v) is 3.58. The molecule has 1 aliphatic rings. The lowest BCUT2D eigenvalue weighted by molar-refractivity contribution is -0.146. The molecule has 1 N–H and O–H groups in total. The third-order valence-corrected chi connectivity index (χ3v) is 4.90. The summed E-state index contributed by atoms with van der Waals surface area (Å²) in [5, 5.41) is 8.07. The van der Waals surface area contributed by atoms with Gasteiger partial charge in [-0.05, 0) is 50.3 Å². The Morgan fingerprint density at radius 1 is 1.25 bits per heavy atom. The van der Waals surface area contributed by atoms with Crippen molar-refractivity contribution in [3.05, 3.63) is 48.3 Å². The van der Waals surface area contributed by atoms with Crippen molar-refractivity contribution in [1.29, 1.82) is 0 Å². The zero-order chi connectivity index (χ0) is 16.9. The highest BCUT2D eigenvalue weighted by Crippen LogP contribution is 2.28. The van der Waals surface area contributed by atoms with Crippen molar-refractivity contribution in [2.24, 2.45) is 5.92 Å². The molecule has 3 rings (SSSR count). The van der Waals surface area contributed by atoms with Gasteiger partial charge in [0.05, 0.1) is 18.7 Å². The molecule has 0 amide bonds. The molecule has 0 saturated heterocycles. The summed E-state index contributed by atoms with van der Waals surface area (Å²) in [6, 6.07) is 10.9. The molecule has 1 aromatic heterocycles. The number of para-hydroxylation sites is 1. The number of carbonyl (C=O) groups is 1. The summed E-state index contributed by atoms with van der Waals surface area (Å²) in [7, 11) is 1.47. The van der Waals surface area contributed by atoms with Crippen LogP contribution in [-0.2, 0) is 9.53 Å². The van der Waals surface area contributed by atoms with Crippen molar-refractivity contribution < 1.29 is 9.53 Å². The van der Waals surface area contributed by atoms with Crippen LogP contribution in [0.1, 0.15) is 44.2 Å². The second-order valence-corrected chi connectivity index (χ2v) is 6.47. The fraction of sp³-hybridized carbons (Fsp3) is 0.474. The molecular weight excluding hydrogens is 302 g/mol. The minimum absolute atomic E-state index is 0.0643. The summed E-state index contributed by atoms with van der Waals surface area (Å²) in [5.41, 5.74) is 2.34. The van der Waals surface area contributed by atoms with Gasteiger partial charge in [-0.1, -0.05) is 18.2 Å². The van der Waals surface area contributed by atoms with E-state index in [0.717, 1.165) is 31.4 Å². The minimum Gasteiger partial charge on any atom is -0.469 e. The van der Waals surface area contributed by atoms with Crippen molar-refractivity contribution in [3.63, 3.8) is 0 Å². The van der Waals surface area contributed by atoms with Gasteiger partial charge in [-0.3, -0.25) is 4.79 Å². The molecule has 1 heterocycles. The van der Waals surface area contributed by atoms with E-state index in [2.05, 4.69) is 35.5 Å². The molecule has 0 radical (unpaired) electrons. The molecular formula is C19H25N3O2. The number of hydrogen-bond acceptors (Lipinski definition) is 4. The SMILES string of the molecule is COC(=O)C1CCC(NC(C)c2ccccc2-n2cccn2)CC1. The highest BCUT2D eigenvalue weighted by atomic mass is 16.5. The van der Waals surface area contributed by atoms with Crippen LogP contribution in [0.4, 0.5) is 0 Å².